The number of aryl methyl sites for hydroxylation is 1. The second kappa shape index (κ2) is 6.48. The Bertz CT molecular complexity index is 720. The molecular weight excluding hydrogens is 362 g/mol. The van der Waals surface area contributed by atoms with Gasteiger partial charge in [0.2, 0.25) is 17.8 Å². The quantitative estimate of drug-likeness (QED) is 0.744. The zero-order valence-corrected chi connectivity index (χ0v) is 16.2. The van der Waals surface area contributed by atoms with Crippen molar-refractivity contribution in [1.82, 2.24) is 9.78 Å². The number of aromatic nitrogens is 2. The lowest BCUT2D eigenvalue weighted by atomic mass is 9.76. The van der Waals surface area contributed by atoms with E-state index in [-0.39, 0.29) is 55.3 Å². The van der Waals surface area contributed by atoms with Gasteiger partial charge in [0.25, 0.3) is 0 Å². The van der Waals surface area contributed by atoms with Crippen LogP contribution >= 0.6 is 0 Å². The molecule has 0 aliphatic heterocycles. The van der Waals surface area contributed by atoms with E-state index in [4.69, 9.17) is 0 Å². The van der Waals surface area contributed by atoms with Gasteiger partial charge in [-0.05, 0) is 23.7 Å². The van der Waals surface area contributed by atoms with Crippen LogP contribution in [0.15, 0.2) is 0 Å². The topological polar surface area (TPSA) is 46.9 Å². The minimum absolute atomic E-state index is 0.0501. The first-order valence-electron chi connectivity index (χ1n) is 9.38. The maximum Gasteiger partial charge on any atom is 0.248 e. The SMILES string of the molecule is Cn1nc(CC2CC(F)(F)C2)c(C(C)(C)C)c1NC(=O)CC1CC(F)(F)C1. The zero-order valence-electron chi connectivity index (χ0n) is 16.2. The lowest BCUT2D eigenvalue weighted by molar-refractivity contribution is -0.129. The van der Waals surface area contributed by atoms with Crippen molar-refractivity contribution in [3.8, 4) is 0 Å². The molecule has 1 heterocycles. The van der Waals surface area contributed by atoms with Crippen molar-refractivity contribution in [1.29, 1.82) is 0 Å². The lowest BCUT2D eigenvalue weighted by Gasteiger charge is -2.35. The third-order valence-electron chi connectivity index (χ3n) is 5.43. The Kier molecular flexibility index (Phi) is 4.84. The van der Waals surface area contributed by atoms with E-state index in [1.54, 1.807) is 11.7 Å². The number of carbonyl (C=O) groups is 1. The fourth-order valence-corrected chi connectivity index (χ4v) is 4.23. The molecule has 2 fully saturated rings. The van der Waals surface area contributed by atoms with E-state index in [2.05, 4.69) is 10.4 Å². The monoisotopic (exact) mass is 389 g/mol. The molecule has 2 saturated carbocycles. The highest BCUT2D eigenvalue weighted by molar-refractivity contribution is 5.91. The summed E-state index contributed by atoms with van der Waals surface area (Å²) in [5.41, 5.74) is 1.20. The van der Waals surface area contributed by atoms with Gasteiger partial charge >= 0.3 is 0 Å². The Morgan fingerprint density at radius 3 is 2.11 bits per heavy atom. The summed E-state index contributed by atoms with van der Waals surface area (Å²) in [5, 5.41) is 7.30. The third kappa shape index (κ3) is 4.46. The number of anilines is 1. The van der Waals surface area contributed by atoms with Crippen LogP contribution in [0.3, 0.4) is 0 Å². The van der Waals surface area contributed by atoms with Crippen LogP contribution in [0, 0.1) is 11.8 Å². The molecule has 0 aromatic carbocycles. The number of carbonyl (C=O) groups excluding carboxylic acids is 1. The number of nitrogens with one attached hydrogen (secondary N) is 1. The molecule has 0 unspecified atom stereocenters. The fourth-order valence-electron chi connectivity index (χ4n) is 4.23. The first-order chi connectivity index (χ1) is 12.3. The molecule has 2 aliphatic rings. The maximum absolute atomic E-state index is 13.2. The van der Waals surface area contributed by atoms with Crippen LogP contribution in [0.2, 0.25) is 0 Å². The van der Waals surface area contributed by atoms with Crippen LogP contribution in [-0.2, 0) is 23.7 Å². The van der Waals surface area contributed by atoms with Crippen molar-refractivity contribution in [3.63, 3.8) is 0 Å². The molecule has 1 aromatic heterocycles. The molecule has 2 aliphatic carbocycles. The summed E-state index contributed by atoms with van der Waals surface area (Å²) in [7, 11) is 1.70. The zero-order chi connectivity index (χ0) is 20.2. The van der Waals surface area contributed by atoms with Crippen molar-refractivity contribution in [2.24, 2.45) is 18.9 Å². The molecule has 0 atom stereocenters. The van der Waals surface area contributed by atoms with Gasteiger partial charge in [-0.3, -0.25) is 9.48 Å². The van der Waals surface area contributed by atoms with E-state index in [0.29, 0.717) is 12.2 Å². The largest absolute Gasteiger partial charge is 0.311 e. The molecule has 3 rings (SSSR count). The van der Waals surface area contributed by atoms with Crippen molar-refractivity contribution < 1.29 is 22.4 Å². The minimum atomic E-state index is -2.65. The van der Waals surface area contributed by atoms with E-state index in [9.17, 15) is 22.4 Å². The maximum atomic E-state index is 13.2. The van der Waals surface area contributed by atoms with Gasteiger partial charge in [0, 0.05) is 44.7 Å². The molecular formula is C19H27F4N3O. The minimum Gasteiger partial charge on any atom is -0.311 e. The third-order valence-corrected chi connectivity index (χ3v) is 5.43. The Hall–Kier alpha value is -1.60. The van der Waals surface area contributed by atoms with Crippen LogP contribution in [-0.4, -0.2) is 27.5 Å². The van der Waals surface area contributed by atoms with Gasteiger partial charge in [0.15, 0.2) is 0 Å². The number of nitrogens with zero attached hydrogens (tertiary/aromatic N) is 2. The number of hydrogen-bond acceptors (Lipinski definition) is 2. The molecule has 8 heteroatoms. The van der Waals surface area contributed by atoms with Crippen LogP contribution in [0.5, 0.6) is 0 Å². The number of halogens is 4. The molecule has 1 amide bonds. The van der Waals surface area contributed by atoms with E-state index in [1.807, 2.05) is 20.8 Å². The summed E-state index contributed by atoms with van der Waals surface area (Å²) >= 11 is 0. The van der Waals surface area contributed by atoms with Gasteiger partial charge in [-0.1, -0.05) is 20.8 Å². The number of amides is 1. The van der Waals surface area contributed by atoms with Crippen LogP contribution in [0.25, 0.3) is 0 Å². The Labute approximate surface area is 156 Å². The predicted molar refractivity (Wildman–Crippen MR) is 94.2 cm³/mol. The van der Waals surface area contributed by atoms with Crippen molar-refractivity contribution in [2.75, 3.05) is 5.32 Å². The lowest BCUT2D eigenvalue weighted by Crippen LogP contribution is -2.37. The molecule has 27 heavy (non-hydrogen) atoms. The molecule has 0 saturated heterocycles. The van der Waals surface area contributed by atoms with E-state index < -0.39 is 11.8 Å². The predicted octanol–water partition coefficient (Wildman–Crippen LogP) is 4.68. The summed E-state index contributed by atoms with van der Waals surface area (Å²) in [6, 6.07) is 0. The van der Waals surface area contributed by atoms with Gasteiger partial charge in [0.1, 0.15) is 5.82 Å². The average molecular weight is 389 g/mol. The van der Waals surface area contributed by atoms with E-state index in [0.717, 1.165) is 11.3 Å². The molecule has 152 valence electrons. The van der Waals surface area contributed by atoms with Gasteiger partial charge in [-0.25, -0.2) is 17.6 Å². The van der Waals surface area contributed by atoms with Crippen molar-refractivity contribution in [3.05, 3.63) is 11.3 Å². The smallest absolute Gasteiger partial charge is 0.248 e. The first-order valence-corrected chi connectivity index (χ1v) is 9.38. The summed E-state index contributed by atoms with van der Waals surface area (Å²) in [6.45, 7) is 5.93. The van der Waals surface area contributed by atoms with E-state index in [1.165, 1.54) is 0 Å². The van der Waals surface area contributed by atoms with Gasteiger partial charge in [-0.2, -0.15) is 5.10 Å². The van der Waals surface area contributed by atoms with E-state index >= 15 is 0 Å². The molecule has 4 nitrogen and oxygen atoms in total. The summed E-state index contributed by atoms with van der Waals surface area (Å²) < 4.78 is 53.8. The summed E-state index contributed by atoms with van der Waals surface area (Å²) in [5.74, 6) is -5.43. The van der Waals surface area contributed by atoms with Crippen LogP contribution in [0.1, 0.15) is 64.1 Å². The first kappa shape index (κ1) is 20.1. The standard InChI is InChI=1S/C19H27F4N3O/c1-17(2,3)15-13(5-11-7-18(20,21)8-11)25-26(4)16(15)24-14(27)6-12-9-19(22,23)10-12/h11-12H,5-10H2,1-4H3,(H,24,27). The molecule has 1 aromatic rings. The average Bonchev–Trinajstić information content (AvgIpc) is 2.70. The highest BCUT2D eigenvalue weighted by Gasteiger charge is 2.47. The van der Waals surface area contributed by atoms with Crippen LogP contribution in [0.4, 0.5) is 23.4 Å². The molecule has 0 bridgehead atoms. The van der Waals surface area contributed by atoms with Gasteiger partial charge < -0.3 is 5.32 Å². The fraction of sp³-hybridized carbons (Fsp3) is 0.789. The Morgan fingerprint density at radius 1 is 1.11 bits per heavy atom. The normalized spacial score (nSPS) is 22.2. The number of rotatable bonds is 5. The summed E-state index contributed by atoms with van der Waals surface area (Å²) in [6.07, 6.45) is -0.275. The second-order valence-corrected chi connectivity index (χ2v) is 9.26. The van der Waals surface area contributed by atoms with Crippen LogP contribution < -0.4 is 5.32 Å². The second-order valence-electron chi connectivity index (χ2n) is 9.26. The Morgan fingerprint density at radius 2 is 1.63 bits per heavy atom. The number of hydrogen-bond donors (Lipinski definition) is 1. The highest BCUT2D eigenvalue weighted by atomic mass is 19.3. The molecule has 0 spiro atoms. The Balaban J connectivity index is 1.73. The molecule has 1 N–H and O–H groups in total. The molecule has 0 radical (unpaired) electrons. The summed E-state index contributed by atoms with van der Waals surface area (Å²) in [4.78, 5) is 12.3. The van der Waals surface area contributed by atoms with Gasteiger partial charge in [0.05, 0.1) is 5.69 Å². The van der Waals surface area contributed by atoms with Gasteiger partial charge in [-0.15, -0.1) is 0 Å². The van der Waals surface area contributed by atoms with Crippen molar-refractivity contribution >= 4 is 11.7 Å². The highest BCUT2D eigenvalue weighted by Crippen LogP contribution is 2.46. The number of alkyl halides is 4. The van der Waals surface area contributed by atoms with Crippen molar-refractivity contribution in [2.45, 2.75) is 76.6 Å².